The van der Waals surface area contributed by atoms with E-state index in [0.29, 0.717) is 5.92 Å². The van der Waals surface area contributed by atoms with Crippen LogP contribution in [-0.2, 0) is 0 Å². The number of aliphatic hydroxyl groups is 1. The fourth-order valence-corrected chi connectivity index (χ4v) is 2.08. The Labute approximate surface area is 96.9 Å². The highest BCUT2D eigenvalue weighted by Crippen LogP contribution is 2.21. The second-order valence-corrected chi connectivity index (χ2v) is 5.32. The molecule has 1 atom stereocenters. The van der Waals surface area contributed by atoms with Crippen LogP contribution in [0.5, 0.6) is 0 Å². The lowest BCUT2D eigenvalue weighted by atomic mass is 10.0. The van der Waals surface area contributed by atoms with Crippen LogP contribution in [0.4, 0.5) is 0 Å². The monoisotopic (exact) mass is 224 g/mol. The van der Waals surface area contributed by atoms with Gasteiger partial charge < -0.3 is 5.11 Å². The number of benzene rings is 1. The molecule has 0 aliphatic heterocycles. The Balaban J connectivity index is 2.62. The molecule has 15 heavy (non-hydrogen) atoms. The maximum absolute atomic E-state index is 9.86. The van der Waals surface area contributed by atoms with Crippen molar-refractivity contribution in [2.45, 2.75) is 32.8 Å². The molecule has 0 radical (unpaired) electrons. The van der Waals surface area contributed by atoms with Crippen LogP contribution in [0.3, 0.4) is 0 Å². The molecular formula is C13H20OS. The molecule has 1 unspecified atom stereocenters. The predicted octanol–water partition coefficient (Wildman–Crippen LogP) is 3.60. The molecule has 2 heteroatoms. The van der Waals surface area contributed by atoms with Gasteiger partial charge in [-0.2, -0.15) is 11.8 Å². The molecule has 0 aromatic heterocycles. The van der Waals surface area contributed by atoms with Gasteiger partial charge in [-0.15, -0.1) is 0 Å². The van der Waals surface area contributed by atoms with E-state index in [2.05, 4.69) is 32.9 Å². The van der Waals surface area contributed by atoms with Gasteiger partial charge in [0, 0.05) is 5.75 Å². The topological polar surface area (TPSA) is 20.2 Å². The second-order valence-electron chi connectivity index (χ2n) is 4.00. The number of rotatable bonds is 5. The molecule has 0 fully saturated rings. The van der Waals surface area contributed by atoms with E-state index in [9.17, 15) is 5.11 Å². The lowest BCUT2D eigenvalue weighted by Crippen LogP contribution is -2.01. The first-order valence-corrected chi connectivity index (χ1v) is 6.66. The first-order valence-electron chi connectivity index (χ1n) is 5.50. The first-order chi connectivity index (χ1) is 7.15. The van der Waals surface area contributed by atoms with E-state index in [1.165, 1.54) is 5.56 Å². The molecule has 0 spiro atoms. The van der Waals surface area contributed by atoms with E-state index in [4.69, 9.17) is 0 Å². The summed E-state index contributed by atoms with van der Waals surface area (Å²) in [5.74, 6) is 2.40. The summed E-state index contributed by atoms with van der Waals surface area (Å²) in [6.07, 6.45) is -0.323. The van der Waals surface area contributed by atoms with Crippen LogP contribution in [0.15, 0.2) is 24.3 Å². The average molecular weight is 224 g/mol. The molecule has 0 saturated carbocycles. The summed E-state index contributed by atoms with van der Waals surface area (Å²) in [6, 6.07) is 8.30. The zero-order valence-corrected chi connectivity index (χ0v) is 10.6. The molecule has 0 bridgehead atoms. The van der Waals surface area contributed by atoms with Gasteiger partial charge in [-0.05, 0) is 22.8 Å². The Morgan fingerprint density at radius 2 is 1.67 bits per heavy atom. The van der Waals surface area contributed by atoms with Gasteiger partial charge >= 0.3 is 0 Å². The molecule has 1 rings (SSSR count). The Morgan fingerprint density at radius 1 is 1.13 bits per heavy atom. The standard InChI is InChI=1S/C13H20OS/c1-4-15-9-13(14)12-7-5-11(6-8-12)10(2)3/h5-8,10,13-14H,4,9H2,1-3H3. The zero-order chi connectivity index (χ0) is 11.3. The van der Waals surface area contributed by atoms with Gasteiger partial charge in [0.15, 0.2) is 0 Å². The van der Waals surface area contributed by atoms with E-state index in [1.54, 1.807) is 11.8 Å². The van der Waals surface area contributed by atoms with Crippen LogP contribution < -0.4 is 0 Å². The van der Waals surface area contributed by atoms with E-state index in [-0.39, 0.29) is 6.10 Å². The highest BCUT2D eigenvalue weighted by Gasteiger charge is 2.07. The summed E-state index contributed by atoms with van der Waals surface area (Å²) in [5.41, 5.74) is 2.36. The molecule has 1 nitrogen and oxygen atoms in total. The number of thioether (sulfide) groups is 1. The third-order valence-electron chi connectivity index (χ3n) is 2.47. The van der Waals surface area contributed by atoms with Crippen LogP contribution in [0, 0.1) is 0 Å². The minimum Gasteiger partial charge on any atom is -0.388 e. The molecule has 1 N–H and O–H groups in total. The van der Waals surface area contributed by atoms with Crippen molar-refractivity contribution in [3.05, 3.63) is 35.4 Å². The largest absolute Gasteiger partial charge is 0.388 e. The number of hydrogen-bond donors (Lipinski definition) is 1. The molecule has 0 aliphatic rings. The van der Waals surface area contributed by atoms with Crippen molar-refractivity contribution in [1.82, 2.24) is 0 Å². The van der Waals surface area contributed by atoms with E-state index >= 15 is 0 Å². The molecule has 0 heterocycles. The van der Waals surface area contributed by atoms with Crippen LogP contribution in [0.25, 0.3) is 0 Å². The summed E-state index contributed by atoms with van der Waals surface area (Å²) in [6.45, 7) is 6.47. The Hall–Kier alpha value is -0.470. The first kappa shape index (κ1) is 12.6. The fraction of sp³-hybridized carbons (Fsp3) is 0.538. The van der Waals surface area contributed by atoms with Crippen LogP contribution in [0.1, 0.15) is 43.9 Å². The summed E-state index contributed by atoms with van der Waals surface area (Å²) in [7, 11) is 0. The lowest BCUT2D eigenvalue weighted by Gasteiger charge is -2.11. The van der Waals surface area contributed by atoms with Crippen LogP contribution in [0.2, 0.25) is 0 Å². The minimum atomic E-state index is -0.323. The molecule has 1 aromatic carbocycles. The van der Waals surface area contributed by atoms with Gasteiger partial charge in [0.2, 0.25) is 0 Å². The minimum absolute atomic E-state index is 0.323. The molecule has 84 valence electrons. The van der Waals surface area contributed by atoms with Crippen molar-refractivity contribution in [2.24, 2.45) is 0 Å². The van der Waals surface area contributed by atoms with Crippen LogP contribution >= 0.6 is 11.8 Å². The van der Waals surface area contributed by atoms with Crippen molar-refractivity contribution in [3.63, 3.8) is 0 Å². The average Bonchev–Trinajstić information content (AvgIpc) is 2.26. The van der Waals surface area contributed by atoms with Gasteiger partial charge in [-0.25, -0.2) is 0 Å². The van der Waals surface area contributed by atoms with E-state index < -0.39 is 0 Å². The van der Waals surface area contributed by atoms with Crippen molar-refractivity contribution in [2.75, 3.05) is 11.5 Å². The van der Waals surface area contributed by atoms with Crippen molar-refractivity contribution < 1.29 is 5.11 Å². The summed E-state index contributed by atoms with van der Waals surface area (Å²) < 4.78 is 0. The third-order valence-corrected chi connectivity index (χ3v) is 3.43. The quantitative estimate of drug-likeness (QED) is 0.824. The molecule has 0 saturated heterocycles. The lowest BCUT2D eigenvalue weighted by molar-refractivity contribution is 0.204. The highest BCUT2D eigenvalue weighted by molar-refractivity contribution is 7.99. The normalized spacial score (nSPS) is 13.1. The number of aliphatic hydroxyl groups excluding tert-OH is 1. The van der Waals surface area contributed by atoms with Crippen molar-refractivity contribution in [1.29, 1.82) is 0 Å². The smallest absolute Gasteiger partial charge is 0.0880 e. The second kappa shape index (κ2) is 6.19. The fourth-order valence-electron chi connectivity index (χ4n) is 1.43. The van der Waals surface area contributed by atoms with Gasteiger partial charge in [0.25, 0.3) is 0 Å². The molecule has 0 amide bonds. The summed E-state index contributed by atoms with van der Waals surface area (Å²) in [4.78, 5) is 0. The van der Waals surface area contributed by atoms with Crippen LogP contribution in [-0.4, -0.2) is 16.6 Å². The van der Waals surface area contributed by atoms with E-state index in [1.807, 2.05) is 12.1 Å². The van der Waals surface area contributed by atoms with Crippen molar-refractivity contribution >= 4 is 11.8 Å². The molecule has 1 aromatic rings. The van der Waals surface area contributed by atoms with Gasteiger partial charge in [-0.1, -0.05) is 45.0 Å². The maximum Gasteiger partial charge on any atom is 0.0880 e. The number of hydrogen-bond acceptors (Lipinski definition) is 2. The van der Waals surface area contributed by atoms with E-state index in [0.717, 1.165) is 17.1 Å². The Kier molecular flexibility index (Phi) is 5.20. The van der Waals surface area contributed by atoms with Gasteiger partial charge in [0.1, 0.15) is 0 Å². The summed E-state index contributed by atoms with van der Waals surface area (Å²) >= 11 is 1.77. The molecular weight excluding hydrogens is 204 g/mol. The Morgan fingerprint density at radius 3 is 2.13 bits per heavy atom. The van der Waals surface area contributed by atoms with Gasteiger partial charge in [0.05, 0.1) is 6.10 Å². The molecule has 0 aliphatic carbocycles. The summed E-state index contributed by atoms with van der Waals surface area (Å²) in [5, 5.41) is 9.86. The maximum atomic E-state index is 9.86. The van der Waals surface area contributed by atoms with Crippen molar-refractivity contribution in [3.8, 4) is 0 Å². The SMILES string of the molecule is CCSCC(O)c1ccc(C(C)C)cc1. The van der Waals surface area contributed by atoms with Gasteiger partial charge in [-0.3, -0.25) is 0 Å². The zero-order valence-electron chi connectivity index (χ0n) is 9.73. The third kappa shape index (κ3) is 3.88. The Bertz CT molecular complexity index is 279. The predicted molar refractivity (Wildman–Crippen MR) is 68.5 cm³/mol. The highest BCUT2D eigenvalue weighted by atomic mass is 32.2.